The molecule has 1 atom stereocenters. The molecule has 0 saturated carbocycles. The van der Waals surface area contributed by atoms with Gasteiger partial charge in [-0.05, 0) is 37.7 Å². The first-order valence-corrected chi connectivity index (χ1v) is 5.77. The average Bonchev–Trinajstić information content (AvgIpc) is 2.83. The van der Waals surface area contributed by atoms with Crippen molar-refractivity contribution < 1.29 is 14.6 Å². The van der Waals surface area contributed by atoms with Crippen LogP contribution in [-0.2, 0) is 4.74 Å². The van der Waals surface area contributed by atoms with Gasteiger partial charge >= 0.3 is 0 Å². The molecule has 17 heavy (non-hydrogen) atoms. The summed E-state index contributed by atoms with van der Waals surface area (Å²) in [4.78, 5) is 14.0. The Morgan fingerprint density at radius 1 is 1.47 bits per heavy atom. The van der Waals surface area contributed by atoms with Crippen molar-refractivity contribution in [1.29, 1.82) is 0 Å². The summed E-state index contributed by atoms with van der Waals surface area (Å²) in [6.07, 6.45) is 0.985. The van der Waals surface area contributed by atoms with Crippen LogP contribution in [0.3, 0.4) is 0 Å². The van der Waals surface area contributed by atoms with E-state index in [2.05, 4.69) is 0 Å². The minimum Gasteiger partial charge on any atom is -0.508 e. The Balaban J connectivity index is 1.94. The number of Topliss-reactive ketones (excluding diaryl/α,β-unsaturated/α-hetero) is 1. The van der Waals surface area contributed by atoms with Crippen molar-refractivity contribution in [2.45, 2.75) is 12.5 Å². The van der Waals surface area contributed by atoms with Gasteiger partial charge in [0.15, 0.2) is 5.78 Å². The molecule has 1 aromatic rings. The number of ether oxygens (including phenoxy) is 1. The Morgan fingerprint density at radius 2 is 2.18 bits per heavy atom. The molecule has 0 spiro atoms. The van der Waals surface area contributed by atoms with Crippen molar-refractivity contribution in [3.63, 3.8) is 0 Å². The van der Waals surface area contributed by atoms with Crippen LogP contribution in [-0.4, -0.2) is 48.6 Å². The Morgan fingerprint density at radius 3 is 2.76 bits per heavy atom. The molecular weight excluding hydrogens is 218 g/mol. The van der Waals surface area contributed by atoms with E-state index >= 15 is 0 Å². The maximum absolute atomic E-state index is 12.0. The van der Waals surface area contributed by atoms with Gasteiger partial charge in [-0.3, -0.25) is 9.69 Å². The fraction of sp³-hybridized carbons (Fsp3) is 0.462. The fourth-order valence-electron chi connectivity index (χ4n) is 1.96. The Kier molecular flexibility index (Phi) is 3.76. The van der Waals surface area contributed by atoms with Crippen molar-refractivity contribution in [3.05, 3.63) is 29.8 Å². The summed E-state index contributed by atoms with van der Waals surface area (Å²) in [5.41, 5.74) is 0.633. The van der Waals surface area contributed by atoms with Crippen molar-refractivity contribution in [2.75, 3.05) is 26.8 Å². The van der Waals surface area contributed by atoms with E-state index in [1.807, 2.05) is 11.9 Å². The van der Waals surface area contributed by atoms with Crippen LogP contribution in [0.2, 0.25) is 0 Å². The van der Waals surface area contributed by atoms with Gasteiger partial charge in [0.2, 0.25) is 0 Å². The molecule has 0 radical (unpaired) electrons. The van der Waals surface area contributed by atoms with E-state index in [1.165, 1.54) is 12.1 Å². The van der Waals surface area contributed by atoms with E-state index in [9.17, 15) is 4.79 Å². The average molecular weight is 235 g/mol. The fourth-order valence-corrected chi connectivity index (χ4v) is 1.96. The highest BCUT2D eigenvalue weighted by Crippen LogP contribution is 2.13. The number of nitrogens with zero attached hydrogens (tertiary/aromatic N) is 1. The molecule has 4 heteroatoms. The van der Waals surface area contributed by atoms with Gasteiger partial charge in [-0.1, -0.05) is 0 Å². The lowest BCUT2D eigenvalue weighted by atomic mass is 10.1. The summed E-state index contributed by atoms with van der Waals surface area (Å²) in [7, 11) is 1.94. The molecule has 0 aromatic heterocycles. The molecule has 0 aliphatic carbocycles. The van der Waals surface area contributed by atoms with E-state index in [-0.39, 0.29) is 11.5 Å². The summed E-state index contributed by atoms with van der Waals surface area (Å²) in [5.74, 6) is 0.249. The summed E-state index contributed by atoms with van der Waals surface area (Å²) < 4.78 is 5.30. The molecule has 1 fully saturated rings. The molecule has 1 unspecified atom stereocenters. The first-order chi connectivity index (χ1) is 8.16. The van der Waals surface area contributed by atoms with Crippen LogP contribution in [0.15, 0.2) is 24.3 Å². The zero-order valence-corrected chi connectivity index (χ0v) is 9.93. The first-order valence-electron chi connectivity index (χ1n) is 5.77. The van der Waals surface area contributed by atoms with E-state index in [1.54, 1.807) is 12.1 Å². The zero-order valence-electron chi connectivity index (χ0n) is 9.93. The molecule has 0 amide bonds. The number of rotatable bonds is 4. The summed E-state index contributed by atoms with van der Waals surface area (Å²) >= 11 is 0. The van der Waals surface area contributed by atoms with Crippen molar-refractivity contribution in [1.82, 2.24) is 4.90 Å². The topological polar surface area (TPSA) is 49.8 Å². The molecule has 1 saturated heterocycles. The number of hydrogen-bond acceptors (Lipinski definition) is 4. The molecule has 0 bridgehead atoms. The molecule has 1 aliphatic rings. The van der Waals surface area contributed by atoms with Crippen LogP contribution in [0.4, 0.5) is 0 Å². The van der Waals surface area contributed by atoms with E-state index < -0.39 is 0 Å². The van der Waals surface area contributed by atoms with Crippen molar-refractivity contribution in [2.24, 2.45) is 0 Å². The number of benzene rings is 1. The van der Waals surface area contributed by atoms with Crippen molar-refractivity contribution in [3.8, 4) is 5.75 Å². The second-order valence-electron chi connectivity index (χ2n) is 4.40. The van der Waals surface area contributed by atoms with E-state index in [4.69, 9.17) is 9.84 Å². The standard InChI is InChI=1S/C13H17NO3/c1-14(11-6-7-17-9-11)8-13(16)10-2-4-12(15)5-3-10/h2-5,11,15H,6-9H2,1H3. The highest BCUT2D eigenvalue weighted by Gasteiger charge is 2.22. The number of phenols is 1. The van der Waals surface area contributed by atoms with Gasteiger partial charge in [-0.25, -0.2) is 0 Å². The van der Waals surface area contributed by atoms with Crippen LogP contribution in [0.1, 0.15) is 16.8 Å². The van der Waals surface area contributed by atoms with Gasteiger partial charge in [0.1, 0.15) is 5.75 Å². The molecule has 92 valence electrons. The minimum absolute atomic E-state index is 0.0689. The summed E-state index contributed by atoms with van der Waals surface area (Å²) in [5, 5.41) is 9.15. The molecule has 1 aliphatic heterocycles. The Hall–Kier alpha value is -1.39. The zero-order chi connectivity index (χ0) is 12.3. The quantitative estimate of drug-likeness (QED) is 0.799. The summed E-state index contributed by atoms with van der Waals surface area (Å²) in [6, 6.07) is 6.71. The molecular formula is C13H17NO3. The number of phenolic OH excluding ortho intramolecular Hbond substituents is 1. The lowest BCUT2D eigenvalue weighted by Crippen LogP contribution is -2.36. The minimum atomic E-state index is 0.0689. The summed E-state index contributed by atoms with van der Waals surface area (Å²) in [6.45, 7) is 1.88. The number of carbonyl (C=O) groups is 1. The molecule has 4 nitrogen and oxygen atoms in total. The maximum atomic E-state index is 12.0. The van der Waals surface area contributed by atoms with Crippen molar-refractivity contribution >= 4 is 5.78 Å². The highest BCUT2D eigenvalue weighted by molar-refractivity contribution is 5.97. The van der Waals surface area contributed by atoms with Gasteiger partial charge in [0.25, 0.3) is 0 Å². The number of aromatic hydroxyl groups is 1. The molecule has 1 heterocycles. The monoisotopic (exact) mass is 235 g/mol. The van der Waals surface area contributed by atoms with Gasteiger partial charge in [-0.15, -0.1) is 0 Å². The maximum Gasteiger partial charge on any atom is 0.176 e. The highest BCUT2D eigenvalue weighted by atomic mass is 16.5. The van der Waals surface area contributed by atoms with Gasteiger partial charge < -0.3 is 9.84 Å². The predicted molar refractivity (Wildman–Crippen MR) is 64.3 cm³/mol. The smallest absolute Gasteiger partial charge is 0.176 e. The first kappa shape index (κ1) is 12.1. The largest absolute Gasteiger partial charge is 0.508 e. The van der Waals surface area contributed by atoms with Crippen LogP contribution in [0, 0.1) is 0 Å². The predicted octanol–water partition coefficient (Wildman–Crippen LogP) is 1.30. The second kappa shape index (κ2) is 5.29. The van der Waals surface area contributed by atoms with E-state index in [0.29, 0.717) is 24.8 Å². The molecule has 1 aromatic carbocycles. The van der Waals surface area contributed by atoms with Gasteiger partial charge in [0, 0.05) is 18.2 Å². The SMILES string of the molecule is CN(CC(=O)c1ccc(O)cc1)C1CCOC1. The third-order valence-electron chi connectivity index (χ3n) is 3.11. The number of hydrogen-bond donors (Lipinski definition) is 1. The number of carbonyl (C=O) groups excluding carboxylic acids is 1. The molecule has 2 rings (SSSR count). The molecule has 1 N–H and O–H groups in total. The third kappa shape index (κ3) is 3.05. The van der Waals surface area contributed by atoms with Gasteiger partial charge in [0.05, 0.1) is 13.2 Å². The number of likely N-dealkylation sites (N-methyl/N-ethyl adjacent to an activating group) is 1. The lowest BCUT2D eigenvalue weighted by Gasteiger charge is -2.21. The second-order valence-corrected chi connectivity index (χ2v) is 4.40. The Bertz CT molecular complexity index is 382. The third-order valence-corrected chi connectivity index (χ3v) is 3.11. The van der Waals surface area contributed by atoms with E-state index in [0.717, 1.165) is 13.0 Å². The normalized spacial score (nSPS) is 19.8. The van der Waals surface area contributed by atoms with Gasteiger partial charge in [-0.2, -0.15) is 0 Å². The van der Waals surface area contributed by atoms with Crippen LogP contribution < -0.4 is 0 Å². The van der Waals surface area contributed by atoms with Crippen LogP contribution >= 0.6 is 0 Å². The lowest BCUT2D eigenvalue weighted by molar-refractivity contribution is 0.0907. The number of ketones is 1. The van der Waals surface area contributed by atoms with Crippen LogP contribution in [0.5, 0.6) is 5.75 Å². The van der Waals surface area contributed by atoms with Crippen LogP contribution in [0.25, 0.3) is 0 Å². The Labute approximate surface area is 101 Å².